The van der Waals surface area contributed by atoms with Gasteiger partial charge in [0, 0.05) is 53.2 Å². The lowest BCUT2D eigenvalue weighted by atomic mass is 10.2. The van der Waals surface area contributed by atoms with Crippen molar-refractivity contribution >= 4 is 17.9 Å². The van der Waals surface area contributed by atoms with Gasteiger partial charge in [-0.1, -0.05) is 0 Å². The summed E-state index contributed by atoms with van der Waals surface area (Å²) < 4.78 is 26.3. The number of methoxy groups -OCH3 is 1. The van der Waals surface area contributed by atoms with E-state index in [2.05, 4.69) is 5.32 Å². The van der Waals surface area contributed by atoms with Gasteiger partial charge in [-0.05, 0) is 30.7 Å². The average Bonchev–Trinajstić information content (AvgIpc) is 2.90. The molecule has 0 saturated carbocycles. The molecule has 208 valence electrons. The third-order valence-electron chi connectivity index (χ3n) is 5.40. The van der Waals surface area contributed by atoms with Crippen molar-refractivity contribution in [3.05, 3.63) is 24.3 Å². The summed E-state index contributed by atoms with van der Waals surface area (Å²) >= 11 is 0. The minimum absolute atomic E-state index is 0.0258. The highest BCUT2D eigenvalue weighted by Crippen LogP contribution is 2.18. The second-order valence-corrected chi connectivity index (χ2v) is 8.39. The summed E-state index contributed by atoms with van der Waals surface area (Å²) in [6.45, 7) is 4.83. The van der Waals surface area contributed by atoms with Crippen molar-refractivity contribution in [2.75, 3.05) is 79.5 Å². The van der Waals surface area contributed by atoms with Gasteiger partial charge in [-0.2, -0.15) is 0 Å². The number of esters is 1. The molecule has 0 spiro atoms. The van der Waals surface area contributed by atoms with E-state index in [9.17, 15) is 19.5 Å². The molecule has 12 heteroatoms. The van der Waals surface area contributed by atoms with Crippen LogP contribution in [0.25, 0.3) is 0 Å². The van der Waals surface area contributed by atoms with Crippen molar-refractivity contribution in [1.82, 2.24) is 15.1 Å². The van der Waals surface area contributed by atoms with Crippen LogP contribution in [0, 0.1) is 0 Å². The number of hydrogen-bond donors (Lipinski definition) is 2. The van der Waals surface area contributed by atoms with Crippen LogP contribution in [0.4, 0.5) is 4.79 Å². The molecule has 1 aromatic carbocycles. The van der Waals surface area contributed by atoms with Gasteiger partial charge in [0.15, 0.2) is 0 Å². The lowest BCUT2D eigenvalue weighted by Gasteiger charge is -2.28. The van der Waals surface area contributed by atoms with Gasteiger partial charge in [-0.25, -0.2) is 4.79 Å². The summed E-state index contributed by atoms with van der Waals surface area (Å²) in [6.07, 6.45) is -0.450. The summed E-state index contributed by atoms with van der Waals surface area (Å²) in [6, 6.07) is 6.76. The maximum atomic E-state index is 12.8. The number of nitrogens with zero attached hydrogens (tertiary/aromatic N) is 2. The molecule has 1 aliphatic heterocycles. The Morgan fingerprint density at radius 2 is 1.76 bits per heavy atom. The van der Waals surface area contributed by atoms with E-state index in [0.717, 1.165) is 0 Å². The molecule has 0 radical (unpaired) electrons. The first-order valence-electron chi connectivity index (χ1n) is 12.4. The molecule has 2 rings (SSSR count). The minimum atomic E-state index is -0.954. The number of carbonyl (C=O) groups excluding carboxylic acids is 3. The monoisotopic (exact) mass is 525 g/mol. The third-order valence-corrected chi connectivity index (χ3v) is 5.40. The van der Waals surface area contributed by atoms with Gasteiger partial charge in [0.2, 0.25) is 5.91 Å². The molecule has 1 heterocycles. The predicted octanol–water partition coefficient (Wildman–Crippen LogP) is 0.665. The van der Waals surface area contributed by atoms with Crippen LogP contribution >= 0.6 is 0 Å². The number of carbonyl (C=O) groups is 3. The maximum Gasteiger partial charge on any atom is 0.317 e. The van der Waals surface area contributed by atoms with Crippen LogP contribution in [0.15, 0.2) is 24.3 Å². The first-order chi connectivity index (χ1) is 17.9. The van der Waals surface area contributed by atoms with Crippen LogP contribution in [0.2, 0.25) is 0 Å². The molecular weight excluding hydrogens is 486 g/mol. The predicted molar refractivity (Wildman–Crippen MR) is 134 cm³/mol. The Morgan fingerprint density at radius 3 is 2.41 bits per heavy atom. The van der Waals surface area contributed by atoms with Crippen LogP contribution in [0.5, 0.6) is 11.5 Å². The molecule has 0 aliphatic carbocycles. The smallest absolute Gasteiger partial charge is 0.317 e. The third kappa shape index (κ3) is 12.6. The van der Waals surface area contributed by atoms with E-state index in [-0.39, 0.29) is 51.2 Å². The number of morpholine rings is 1. The molecule has 0 bridgehead atoms. The Bertz CT molecular complexity index is 816. The Kier molecular flexibility index (Phi) is 14.2. The van der Waals surface area contributed by atoms with E-state index >= 15 is 0 Å². The number of amides is 3. The zero-order valence-electron chi connectivity index (χ0n) is 21.7. The summed E-state index contributed by atoms with van der Waals surface area (Å²) in [5.74, 6) is 0.603. The normalized spacial score (nSPS) is 14.0. The fraction of sp³-hybridized carbons (Fsp3) is 0.640. The van der Waals surface area contributed by atoms with Crippen molar-refractivity contribution in [1.29, 1.82) is 0 Å². The van der Waals surface area contributed by atoms with Crippen LogP contribution < -0.4 is 14.8 Å². The SMILES string of the molecule is COCCOc1ccc(OCC(O)CN(CCNC(=O)N2CCOCC2)C(=O)CCCOC(C)=O)cc1. The molecule has 1 saturated heterocycles. The zero-order valence-corrected chi connectivity index (χ0v) is 21.7. The van der Waals surface area contributed by atoms with Crippen molar-refractivity contribution in [2.24, 2.45) is 0 Å². The second-order valence-electron chi connectivity index (χ2n) is 8.39. The van der Waals surface area contributed by atoms with E-state index in [1.54, 1.807) is 36.3 Å². The second kappa shape index (κ2) is 17.4. The maximum absolute atomic E-state index is 12.8. The number of nitrogens with one attached hydrogen (secondary N) is 1. The van der Waals surface area contributed by atoms with Crippen molar-refractivity contribution in [3.8, 4) is 11.5 Å². The lowest BCUT2D eigenvalue weighted by Crippen LogP contribution is -2.49. The standard InChI is InChI=1S/C25H39N3O9/c1-20(29)35-13-3-4-24(31)28(10-9-26-25(32)27-11-14-34-15-12-27)18-21(30)19-37-23-7-5-22(6-8-23)36-17-16-33-2/h5-8,21,30H,3-4,9-19H2,1-2H3,(H,26,32). The number of ether oxygens (including phenoxy) is 5. The molecule has 12 nitrogen and oxygen atoms in total. The molecule has 1 aliphatic rings. The van der Waals surface area contributed by atoms with Gasteiger partial charge in [-0.3, -0.25) is 9.59 Å². The number of aliphatic hydroxyl groups is 1. The summed E-state index contributed by atoms with van der Waals surface area (Å²) in [4.78, 5) is 39.2. The first-order valence-corrected chi connectivity index (χ1v) is 12.4. The van der Waals surface area contributed by atoms with Gasteiger partial charge < -0.3 is 43.9 Å². The number of benzene rings is 1. The highest BCUT2D eigenvalue weighted by molar-refractivity contribution is 5.77. The highest BCUT2D eigenvalue weighted by atomic mass is 16.5. The average molecular weight is 526 g/mol. The van der Waals surface area contributed by atoms with Crippen molar-refractivity contribution < 1.29 is 43.2 Å². The Balaban J connectivity index is 1.82. The summed E-state index contributed by atoms with van der Waals surface area (Å²) in [5, 5.41) is 13.4. The van der Waals surface area contributed by atoms with Gasteiger partial charge in [-0.15, -0.1) is 0 Å². The largest absolute Gasteiger partial charge is 0.491 e. The molecule has 0 aromatic heterocycles. The fourth-order valence-corrected chi connectivity index (χ4v) is 3.47. The molecule has 3 amide bonds. The topological polar surface area (TPSA) is 136 Å². The Morgan fingerprint density at radius 1 is 1.08 bits per heavy atom. The molecule has 37 heavy (non-hydrogen) atoms. The fourth-order valence-electron chi connectivity index (χ4n) is 3.47. The van der Waals surface area contributed by atoms with Gasteiger partial charge in [0.25, 0.3) is 0 Å². The lowest BCUT2D eigenvalue weighted by molar-refractivity contribution is -0.142. The number of aliphatic hydroxyl groups excluding tert-OH is 1. The van der Waals surface area contributed by atoms with E-state index < -0.39 is 12.1 Å². The minimum Gasteiger partial charge on any atom is -0.491 e. The van der Waals surface area contributed by atoms with E-state index in [1.165, 1.54) is 11.8 Å². The van der Waals surface area contributed by atoms with Gasteiger partial charge in [0.05, 0.1) is 26.4 Å². The Labute approximate surface area is 217 Å². The van der Waals surface area contributed by atoms with Crippen LogP contribution in [0.3, 0.4) is 0 Å². The van der Waals surface area contributed by atoms with Crippen molar-refractivity contribution in [3.63, 3.8) is 0 Å². The van der Waals surface area contributed by atoms with Crippen LogP contribution in [-0.4, -0.2) is 118 Å². The molecule has 1 fully saturated rings. The number of hydrogen-bond acceptors (Lipinski definition) is 9. The Hall–Kier alpha value is -3.09. The van der Waals surface area contributed by atoms with E-state index in [1.807, 2.05) is 0 Å². The highest BCUT2D eigenvalue weighted by Gasteiger charge is 2.20. The molecule has 2 N–H and O–H groups in total. The van der Waals surface area contributed by atoms with Crippen LogP contribution in [-0.2, 0) is 23.8 Å². The number of urea groups is 1. The molecule has 1 atom stereocenters. The van der Waals surface area contributed by atoms with E-state index in [4.69, 9.17) is 23.7 Å². The van der Waals surface area contributed by atoms with Gasteiger partial charge >= 0.3 is 12.0 Å². The summed E-state index contributed by atoms with van der Waals surface area (Å²) in [7, 11) is 1.60. The molecular formula is C25H39N3O9. The first kappa shape index (κ1) is 30.1. The summed E-state index contributed by atoms with van der Waals surface area (Å²) in [5.41, 5.74) is 0. The van der Waals surface area contributed by atoms with Crippen LogP contribution in [0.1, 0.15) is 19.8 Å². The molecule has 1 aromatic rings. The quantitative estimate of drug-likeness (QED) is 0.236. The van der Waals surface area contributed by atoms with E-state index in [0.29, 0.717) is 57.4 Å². The number of rotatable bonds is 16. The molecule has 1 unspecified atom stereocenters. The van der Waals surface area contributed by atoms with Crippen molar-refractivity contribution in [2.45, 2.75) is 25.9 Å². The zero-order chi connectivity index (χ0) is 26.9. The van der Waals surface area contributed by atoms with Gasteiger partial charge in [0.1, 0.15) is 30.8 Å².